The largest absolute Gasteiger partial charge is 0.497 e. The van der Waals surface area contributed by atoms with Crippen molar-refractivity contribution in [2.75, 3.05) is 20.3 Å². The van der Waals surface area contributed by atoms with Gasteiger partial charge in [-0.15, -0.1) is 0 Å². The summed E-state index contributed by atoms with van der Waals surface area (Å²) in [5.41, 5.74) is 1.17. The number of hydrogen-bond donors (Lipinski definition) is 4. The summed E-state index contributed by atoms with van der Waals surface area (Å²) in [5.74, 6) is 0.824. The summed E-state index contributed by atoms with van der Waals surface area (Å²) in [7, 11) is 1.63. The van der Waals surface area contributed by atoms with E-state index in [2.05, 4.69) is 0 Å². The number of benzene rings is 1. The van der Waals surface area contributed by atoms with Crippen LogP contribution in [0.5, 0.6) is 5.75 Å². The van der Waals surface area contributed by atoms with Crippen molar-refractivity contribution in [3.8, 4) is 5.75 Å². The van der Waals surface area contributed by atoms with E-state index in [1.54, 1.807) is 7.11 Å². The molecular formula is C17H26O7. The van der Waals surface area contributed by atoms with E-state index < -0.39 is 37.3 Å². The lowest BCUT2D eigenvalue weighted by Crippen LogP contribution is -2.59. The van der Waals surface area contributed by atoms with Gasteiger partial charge in [0.1, 0.15) is 30.2 Å². The van der Waals surface area contributed by atoms with Crippen molar-refractivity contribution in [2.45, 2.75) is 50.0 Å². The molecule has 1 aromatic carbocycles. The number of rotatable bonds is 8. The van der Waals surface area contributed by atoms with Crippen LogP contribution in [0.1, 0.15) is 18.4 Å². The minimum Gasteiger partial charge on any atom is -0.497 e. The third kappa shape index (κ3) is 4.89. The van der Waals surface area contributed by atoms with Gasteiger partial charge in [0.15, 0.2) is 6.29 Å². The Morgan fingerprint density at radius 3 is 2.58 bits per heavy atom. The second-order valence-electron chi connectivity index (χ2n) is 5.88. The molecule has 7 nitrogen and oxygen atoms in total. The minimum atomic E-state index is -1.40. The summed E-state index contributed by atoms with van der Waals surface area (Å²) in [6.07, 6.45) is -3.62. The monoisotopic (exact) mass is 342 g/mol. The van der Waals surface area contributed by atoms with Crippen molar-refractivity contribution in [1.29, 1.82) is 0 Å². The fourth-order valence-corrected chi connectivity index (χ4v) is 2.66. The fraction of sp³-hybridized carbons (Fsp3) is 0.647. The molecule has 0 aliphatic carbocycles. The Morgan fingerprint density at radius 1 is 1.08 bits per heavy atom. The zero-order valence-electron chi connectivity index (χ0n) is 13.7. The van der Waals surface area contributed by atoms with Crippen LogP contribution in [0.3, 0.4) is 0 Å². The number of aryl methyl sites for hydroxylation is 1. The van der Waals surface area contributed by atoms with Gasteiger partial charge in [0.25, 0.3) is 0 Å². The Morgan fingerprint density at radius 2 is 1.88 bits per heavy atom. The van der Waals surface area contributed by atoms with Gasteiger partial charge in [-0.25, -0.2) is 0 Å². The third-order valence-corrected chi connectivity index (χ3v) is 4.12. The van der Waals surface area contributed by atoms with Crippen LogP contribution in [0, 0.1) is 0 Å². The van der Waals surface area contributed by atoms with Crippen LogP contribution in [-0.4, -0.2) is 71.5 Å². The van der Waals surface area contributed by atoms with Gasteiger partial charge in [0, 0.05) is 6.61 Å². The quantitative estimate of drug-likeness (QED) is 0.486. The van der Waals surface area contributed by atoms with E-state index in [-0.39, 0.29) is 0 Å². The summed E-state index contributed by atoms with van der Waals surface area (Å²) in [4.78, 5) is 0. The zero-order valence-corrected chi connectivity index (χ0v) is 13.7. The molecule has 1 aromatic rings. The Hall–Kier alpha value is -1.22. The van der Waals surface area contributed by atoms with E-state index in [4.69, 9.17) is 19.3 Å². The molecule has 1 aliphatic rings. The molecule has 5 atom stereocenters. The van der Waals surface area contributed by atoms with Crippen molar-refractivity contribution in [3.63, 3.8) is 0 Å². The maximum Gasteiger partial charge on any atom is 0.186 e. The van der Waals surface area contributed by atoms with Crippen molar-refractivity contribution >= 4 is 0 Å². The van der Waals surface area contributed by atoms with Gasteiger partial charge in [-0.2, -0.15) is 0 Å². The highest BCUT2D eigenvalue weighted by Gasteiger charge is 2.43. The second-order valence-corrected chi connectivity index (χ2v) is 5.88. The molecule has 1 saturated heterocycles. The van der Waals surface area contributed by atoms with Gasteiger partial charge in [-0.05, 0) is 37.0 Å². The van der Waals surface area contributed by atoms with Crippen molar-refractivity contribution in [1.82, 2.24) is 0 Å². The average Bonchev–Trinajstić information content (AvgIpc) is 2.61. The molecule has 0 spiro atoms. The molecule has 136 valence electrons. The summed E-state index contributed by atoms with van der Waals surface area (Å²) < 4.78 is 15.9. The fourth-order valence-electron chi connectivity index (χ4n) is 2.66. The maximum atomic E-state index is 9.86. The van der Waals surface area contributed by atoms with Crippen LogP contribution in [-0.2, 0) is 15.9 Å². The number of unbranched alkanes of at least 4 members (excludes halogenated alkanes) is 1. The highest BCUT2D eigenvalue weighted by molar-refractivity contribution is 5.28. The molecule has 0 unspecified atom stereocenters. The molecule has 1 fully saturated rings. The predicted molar refractivity (Wildman–Crippen MR) is 85.7 cm³/mol. The number of ether oxygens (including phenoxy) is 3. The smallest absolute Gasteiger partial charge is 0.186 e. The van der Waals surface area contributed by atoms with E-state index in [1.165, 1.54) is 5.56 Å². The van der Waals surface area contributed by atoms with Crippen LogP contribution in [0.25, 0.3) is 0 Å². The minimum absolute atomic E-state index is 0.340. The highest BCUT2D eigenvalue weighted by Crippen LogP contribution is 2.22. The van der Waals surface area contributed by atoms with Crippen LogP contribution in [0.15, 0.2) is 24.3 Å². The molecule has 0 aromatic heterocycles. The molecular weight excluding hydrogens is 316 g/mol. The molecule has 0 amide bonds. The highest BCUT2D eigenvalue weighted by atomic mass is 16.7. The average molecular weight is 342 g/mol. The van der Waals surface area contributed by atoms with E-state index in [0.29, 0.717) is 6.61 Å². The van der Waals surface area contributed by atoms with Crippen molar-refractivity contribution < 1.29 is 34.6 Å². The van der Waals surface area contributed by atoms with Crippen molar-refractivity contribution in [2.24, 2.45) is 0 Å². The Labute approximate surface area is 141 Å². The van der Waals surface area contributed by atoms with Crippen molar-refractivity contribution in [3.05, 3.63) is 29.8 Å². The normalized spacial score (nSPS) is 30.3. The molecule has 1 heterocycles. The molecule has 0 bridgehead atoms. The Kier molecular flexibility index (Phi) is 7.41. The summed E-state index contributed by atoms with van der Waals surface area (Å²) in [6.45, 7) is -0.118. The Bertz CT molecular complexity index is 494. The lowest BCUT2D eigenvalue weighted by Gasteiger charge is -2.39. The van der Waals surface area contributed by atoms with E-state index in [1.807, 2.05) is 24.3 Å². The topological polar surface area (TPSA) is 109 Å². The number of aliphatic hydroxyl groups is 4. The van der Waals surface area contributed by atoms with E-state index in [9.17, 15) is 15.3 Å². The molecule has 2 rings (SSSR count). The summed E-state index contributed by atoms with van der Waals surface area (Å²) in [5, 5.41) is 38.4. The lowest BCUT2D eigenvalue weighted by atomic mass is 9.99. The van der Waals surface area contributed by atoms with Gasteiger partial charge in [0.2, 0.25) is 0 Å². The number of hydrogen-bond acceptors (Lipinski definition) is 7. The van der Waals surface area contributed by atoms with Gasteiger partial charge < -0.3 is 34.6 Å². The molecule has 1 aliphatic heterocycles. The predicted octanol–water partition coefficient (Wildman–Crippen LogP) is -0.166. The number of methoxy groups -OCH3 is 1. The van der Waals surface area contributed by atoms with Crippen LogP contribution in [0.2, 0.25) is 0 Å². The first kappa shape index (κ1) is 19.1. The molecule has 0 saturated carbocycles. The second kappa shape index (κ2) is 9.31. The summed E-state index contributed by atoms with van der Waals surface area (Å²) in [6, 6.07) is 7.85. The third-order valence-electron chi connectivity index (χ3n) is 4.12. The number of aliphatic hydroxyl groups excluding tert-OH is 4. The molecule has 24 heavy (non-hydrogen) atoms. The van der Waals surface area contributed by atoms with Gasteiger partial charge in [0.05, 0.1) is 13.7 Å². The lowest BCUT2D eigenvalue weighted by molar-refractivity contribution is -0.301. The molecule has 0 radical (unpaired) electrons. The SMILES string of the molecule is COc1cccc(CCCCO[C@@H]2O[C@H](CO)[C@@H](O)[C@H](O)[C@H]2O)c1. The zero-order chi connectivity index (χ0) is 17.5. The first-order valence-corrected chi connectivity index (χ1v) is 8.12. The molecule has 7 heteroatoms. The van der Waals surface area contributed by atoms with Gasteiger partial charge >= 0.3 is 0 Å². The first-order chi connectivity index (χ1) is 11.6. The van der Waals surface area contributed by atoms with Gasteiger partial charge in [-0.1, -0.05) is 12.1 Å². The first-order valence-electron chi connectivity index (χ1n) is 8.12. The Balaban J connectivity index is 1.71. The molecule has 4 N–H and O–H groups in total. The maximum absolute atomic E-state index is 9.86. The van der Waals surface area contributed by atoms with Crippen LogP contribution < -0.4 is 4.74 Å². The standard InChI is InChI=1S/C17H26O7/c1-22-12-7-4-6-11(9-12)5-2-3-8-23-17-16(21)15(20)14(19)13(10-18)24-17/h4,6-7,9,13-21H,2-3,5,8,10H2,1H3/t13-,14-,15+,16-,17-/m1/s1. The van der Waals surface area contributed by atoms with E-state index in [0.717, 1.165) is 25.0 Å². The summed E-state index contributed by atoms with van der Waals surface area (Å²) >= 11 is 0. The van der Waals surface area contributed by atoms with Crippen LogP contribution >= 0.6 is 0 Å². The van der Waals surface area contributed by atoms with Crippen LogP contribution in [0.4, 0.5) is 0 Å². The van der Waals surface area contributed by atoms with Gasteiger partial charge in [-0.3, -0.25) is 0 Å². The van der Waals surface area contributed by atoms with E-state index >= 15 is 0 Å².